The van der Waals surface area contributed by atoms with Crippen molar-refractivity contribution in [3.8, 4) is 6.07 Å². The van der Waals surface area contributed by atoms with Crippen LogP contribution in [-0.4, -0.2) is 10.5 Å². The Labute approximate surface area is 179 Å². The van der Waals surface area contributed by atoms with Crippen LogP contribution in [-0.2, 0) is 11.3 Å². The van der Waals surface area contributed by atoms with Gasteiger partial charge < -0.3 is 9.88 Å². The molecule has 1 N–H and O–H groups in total. The molecular formula is C25H18ClN3O. The van der Waals surface area contributed by atoms with Crippen LogP contribution in [0, 0.1) is 11.3 Å². The van der Waals surface area contributed by atoms with Gasteiger partial charge in [0.15, 0.2) is 0 Å². The summed E-state index contributed by atoms with van der Waals surface area (Å²) in [5.41, 5.74) is 3.60. The molecule has 0 aliphatic heterocycles. The summed E-state index contributed by atoms with van der Waals surface area (Å²) in [6, 6.07) is 27.0. The van der Waals surface area contributed by atoms with Crippen molar-refractivity contribution in [3.05, 3.63) is 107 Å². The van der Waals surface area contributed by atoms with Crippen molar-refractivity contribution in [1.29, 1.82) is 5.26 Å². The topological polar surface area (TPSA) is 57.8 Å². The Balaban J connectivity index is 1.68. The van der Waals surface area contributed by atoms with Gasteiger partial charge in [-0.1, -0.05) is 66.2 Å². The molecule has 0 unspecified atom stereocenters. The van der Waals surface area contributed by atoms with Crippen LogP contribution in [0.3, 0.4) is 0 Å². The Kier molecular flexibility index (Phi) is 5.65. The minimum Gasteiger partial charge on any atom is -0.342 e. The van der Waals surface area contributed by atoms with Crippen molar-refractivity contribution in [2.45, 2.75) is 6.54 Å². The summed E-state index contributed by atoms with van der Waals surface area (Å²) in [5, 5.41) is 13.8. The maximum absolute atomic E-state index is 12.6. The van der Waals surface area contributed by atoms with E-state index in [4.69, 9.17) is 11.6 Å². The largest absolute Gasteiger partial charge is 0.342 e. The molecule has 1 heterocycles. The molecule has 5 heteroatoms. The van der Waals surface area contributed by atoms with Gasteiger partial charge in [-0.15, -0.1) is 0 Å². The molecule has 4 rings (SSSR count). The lowest BCUT2D eigenvalue weighted by atomic mass is 10.1. The van der Waals surface area contributed by atoms with Crippen LogP contribution in [0.25, 0.3) is 17.0 Å². The van der Waals surface area contributed by atoms with E-state index in [1.54, 1.807) is 30.3 Å². The lowest BCUT2D eigenvalue weighted by molar-refractivity contribution is -0.112. The van der Waals surface area contributed by atoms with Gasteiger partial charge in [0.25, 0.3) is 5.91 Å². The van der Waals surface area contributed by atoms with E-state index in [-0.39, 0.29) is 5.57 Å². The predicted molar refractivity (Wildman–Crippen MR) is 121 cm³/mol. The third-order valence-corrected chi connectivity index (χ3v) is 5.00. The normalized spacial score (nSPS) is 11.3. The number of carbonyl (C=O) groups is 1. The zero-order valence-electron chi connectivity index (χ0n) is 16.0. The summed E-state index contributed by atoms with van der Waals surface area (Å²) in [4.78, 5) is 12.6. The summed E-state index contributed by atoms with van der Waals surface area (Å²) in [5.74, 6) is -0.473. The molecule has 1 amide bonds. The fraction of sp³-hybridized carbons (Fsp3) is 0.0400. The number of nitrogens with one attached hydrogen (secondary N) is 1. The zero-order chi connectivity index (χ0) is 20.9. The lowest BCUT2D eigenvalue weighted by Crippen LogP contribution is -2.13. The Morgan fingerprint density at radius 1 is 1.03 bits per heavy atom. The first-order chi connectivity index (χ1) is 14.6. The molecule has 0 radical (unpaired) electrons. The molecule has 0 atom stereocenters. The van der Waals surface area contributed by atoms with Gasteiger partial charge in [0, 0.05) is 39.9 Å². The fourth-order valence-electron chi connectivity index (χ4n) is 3.37. The predicted octanol–water partition coefficient (Wildman–Crippen LogP) is 5.89. The average molecular weight is 412 g/mol. The van der Waals surface area contributed by atoms with Crippen molar-refractivity contribution in [1.82, 2.24) is 4.57 Å². The summed E-state index contributed by atoms with van der Waals surface area (Å²) >= 11 is 5.97. The first kappa shape index (κ1) is 19.5. The van der Waals surface area contributed by atoms with Crippen molar-refractivity contribution >= 4 is 40.2 Å². The first-order valence-electron chi connectivity index (χ1n) is 9.44. The number of anilines is 1. The second-order valence-corrected chi connectivity index (χ2v) is 7.29. The van der Waals surface area contributed by atoms with Gasteiger partial charge in [0.05, 0.1) is 0 Å². The van der Waals surface area contributed by atoms with E-state index in [1.807, 2.05) is 54.7 Å². The molecule has 1 aromatic heterocycles. The standard InChI is InChI=1S/C25H18ClN3O/c26-21-9-6-10-22(14-21)28-25(30)19(15-27)13-20-17-29(16-18-7-2-1-3-8-18)24-12-5-4-11-23(20)24/h1-14,17H,16H2,(H,28,30)/b19-13-. The average Bonchev–Trinajstić information content (AvgIpc) is 3.10. The summed E-state index contributed by atoms with van der Waals surface area (Å²) < 4.78 is 2.13. The van der Waals surface area contributed by atoms with Crippen molar-refractivity contribution < 1.29 is 4.79 Å². The highest BCUT2D eigenvalue weighted by atomic mass is 35.5. The third-order valence-electron chi connectivity index (χ3n) is 4.76. The molecule has 0 fully saturated rings. The Hall–Kier alpha value is -3.81. The maximum Gasteiger partial charge on any atom is 0.266 e. The molecular weight excluding hydrogens is 394 g/mol. The maximum atomic E-state index is 12.6. The van der Waals surface area contributed by atoms with Gasteiger partial charge in [-0.2, -0.15) is 5.26 Å². The molecule has 0 saturated heterocycles. The van der Waals surface area contributed by atoms with Crippen molar-refractivity contribution in [2.24, 2.45) is 0 Å². The SMILES string of the molecule is N#C/C(=C/c1cn(Cc2ccccc2)c2ccccc12)C(=O)Nc1cccc(Cl)c1. The van der Waals surface area contributed by atoms with E-state index < -0.39 is 5.91 Å². The quantitative estimate of drug-likeness (QED) is 0.329. The molecule has 0 aliphatic carbocycles. The molecule has 3 aromatic carbocycles. The van der Waals surface area contributed by atoms with Crippen LogP contribution in [0.5, 0.6) is 0 Å². The number of rotatable bonds is 5. The van der Waals surface area contributed by atoms with Crippen LogP contribution in [0.15, 0.2) is 90.6 Å². The molecule has 4 aromatic rings. The highest BCUT2D eigenvalue weighted by Gasteiger charge is 2.13. The molecule has 4 nitrogen and oxygen atoms in total. The minimum atomic E-state index is -0.473. The van der Waals surface area contributed by atoms with E-state index in [9.17, 15) is 10.1 Å². The number of halogens is 1. The first-order valence-corrected chi connectivity index (χ1v) is 9.82. The fourth-order valence-corrected chi connectivity index (χ4v) is 3.56. The van der Waals surface area contributed by atoms with Crippen molar-refractivity contribution in [2.75, 3.05) is 5.32 Å². The number of aromatic nitrogens is 1. The smallest absolute Gasteiger partial charge is 0.266 e. The highest BCUT2D eigenvalue weighted by molar-refractivity contribution is 6.31. The van der Waals surface area contributed by atoms with Gasteiger partial charge >= 0.3 is 0 Å². The Bertz CT molecular complexity index is 1280. The molecule has 0 saturated carbocycles. The van der Waals surface area contributed by atoms with E-state index in [1.165, 1.54) is 5.56 Å². The number of fused-ring (bicyclic) bond motifs is 1. The van der Waals surface area contributed by atoms with Crippen LogP contribution < -0.4 is 5.32 Å². The molecule has 0 aliphatic rings. The summed E-state index contributed by atoms with van der Waals surface area (Å²) in [6.45, 7) is 0.700. The van der Waals surface area contributed by atoms with Crippen LogP contribution in [0.4, 0.5) is 5.69 Å². The second kappa shape index (κ2) is 8.69. The zero-order valence-corrected chi connectivity index (χ0v) is 16.8. The van der Waals surface area contributed by atoms with E-state index in [2.05, 4.69) is 22.0 Å². The molecule has 30 heavy (non-hydrogen) atoms. The van der Waals surface area contributed by atoms with Crippen LogP contribution >= 0.6 is 11.6 Å². The third kappa shape index (κ3) is 4.27. The summed E-state index contributed by atoms with van der Waals surface area (Å²) in [6.07, 6.45) is 3.60. The van der Waals surface area contributed by atoms with Gasteiger partial charge in [0.2, 0.25) is 0 Å². The number of hydrogen-bond acceptors (Lipinski definition) is 2. The molecule has 0 spiro atoms. The van der Waals surface area contributed by atoms with E-state index in [0.29, 0.717) is 17.3 Å². The van der Waals surface area contributed by atoms with Gasteiger partial charge in [-0.3, -0.25) is 4.79 Å². The van der Waals surface area contributed by atoms with Crippen molar-refractivity contribution in [3.63, 3.8) is 0 Å². The number of nitriles is 1. The summed E-state index contributed by atoms with van der Waals surface area (Å²) in [7, 11) is 0. The Morgan fingerprint density at radius 3 is 2.57 bits per heavy atom. The number of hydrogen-bond donors (Lipinski definition) is 1. The van der Waals surface area contributed by atoms with E-state index in [0.717, 1.165) is 16.5 Å². The minimum absolute atomic E-state index is 0.0255. The number of amides is 1. The lowest BCUT2D eigenvalue weighted by Gasteiger charge is -2.05. The van der Waals surface area contributed by atoms with Gasteiger partial charge in [-0.25, -0.2) is 0 Å². The van der Waals surface area contributed by atoms with Gasteiger partial charge in [-0.05, 0) is 35.9 Å². The van der Waals surface area contributed by atoms with Crippen LogP contribution in [0.1, 0.15) is 11.1 Å². The monoisotopic (exact) mass is 411 g/mol. The van der Waals surface area contributed by atoms with Gasteiger partial charge in [0.1, 0.15) is 11.6 Å². The highest BCUT2D eigenvalue weighted by Crippen LogP contribution is 2.25. The molecule has 146 valence electrons. The second-order valence-electron chi connectivity index (χ2n) is 6.85. The van der Waals surface area contributed by atoms with Crippen LogP contribution in [0.2, 0.25) is 5.02 Å². The number of benzene rings is 3. The number of nitrogens with zero attached hydrogens (tertiary/aromatic N) is 2. The number of carbonyl (C=O) groups excluding carboxylic acids is 1. The Morgan fingerprint density at radius 2 is 1.80 bits per heavy atom. The number of para-hydroxylation sites is 1. The van der Waals surface area contributed by atoms with E-state index >= 15 is 0 Å². The molecule has 0 bridgehead atoms.